The average molecular weight is 290 g/mol. The molecule has 0 aliphatic heterocycles. The van der Waals surface area contributed by atoms with E-state index >= 15 is 0 Å². The Balaban J connectivity index is 2.07. The van der Waals surface area contributed by atoms with Crippen LogP contribution in [0, 0.1) is 5.41 Å². The van der Waals surface area contributed by atoms with E-state index in [0.29, 0.717) is 11.5 Å². The molecule has 1 aromatic carbocycles. The Morgan fingerprint density at radius 2 is 2.05 bits per heavy atom. The zero-order valence-corrected chi connectivity index (χ0v) is 13.0. The highest BCUT2D eigenvalue weighted by Crippen LogP contribution is 2.39. The highest BCUT2D eigenvalue weighted by molar-refractivity contribution is 7.80. The van der Waals surface area contributed by atoms with Crippen LogP contribution in [0.1, 0.15) is 43.7 Å². The van der Waals surface area contributed by atoms with Crippen molar-refractivity contribution >= 4 is 23.1 Å². The van der Waals surface area contributed by atoms with E-state index in [4.69, 9.17) is 18.0 Å². The Bertz CT molecular complexity index is 521. The van der Waals surface area contributed by atoms with Crippen molar-refractivity contribution < 1.29 is 4.79 Å². The molecule has 1 aliphatic rings. The van der Waals surface area contributed by atoms with Crippen LogP contribution in [-0.4, -0.2) is 22.8 Å². The first-order valence-electron chi connectivity index (χ1n) is 7.07. The Kier molecular flexibility index (Phi) is 4.43. The van der Waals surface area contributed by atoms with Crippen molar-refractivity contribution in [2.24, 2.45) is 11.1 Å². The molecule has 3 nitrogen and oxygen atoms in total. The first-order chi connectivity index (χ1) is 9.42. The predicted molar refractivity (Wildman–Crippen MR) is 85.4 cm³/mol. The summed E-state index contributed by atoms with van der Waals surface area (Å²) in [6.07, 6.45) is 4.33. The van der Waals surface area contributed by atoms with E-state index in [9.17, 15) is 4.79 Å². The maximum Gasteiger partial charge on any atom is 0.228 e. The van der Waals surface area contributed by atoms with Gasteiger partial charge in [0.1, 0.15) is 4.99 Å². The van der Waals surface area contributed by atoms with Crippen molar-refractivity contribution in [1.82, 2.24) is 4.90 Å². The third kappa shape index (κ3) is 3.18. The fraction of sp³-hybridized carbons (Fsp3) is 0.500. The zero-order valence-electron chi connectivity index (χ0n) is 12.2. The van der Waals surface area contributed by atoms with Crippen LogP contribution in [0.4, 0.5) is 0 Å². The highest BCUT2D eigenvalue weighted by atomic mass is 32.1. The van der Waals surface area contributed by atoms with Crippen LogP contribution in [0.25, 0.3) is 0 Å². The molecule has 4 heteroatoms. The summed E-state index contributed by atoms with van der Waals surface area (Å²) in [5.41, 5.74) is 7.39. The molecule has 2 rings (SSSR count). The van der Waals surface area contributed by atoms with Gasteiger partial charge in [0.25, 0.3) is 0 Å². The first-order valence-corrected chi connectivity index (χ1v) is 7.47. The van der Waals surface area contributed by atoms with Crippen LogP contribution < -0.4 is 5.73 Å². The van der Waals surface area contributed by atoms with E-state index < -0.39 is 0 Å². The molecule has 0 aromatic heterocycles. The SMILES string of the molecule is CN(Cc1cccc(C(N)=S)c1)C(=O)C1(C)CCCC1. The summed E-state index contributed by atoms with van der Waals surface area (Å²) < 4.78 is 0. The molecule has 1 aromatic rings. The molecule has 0 heterocycles. The lowest BCUT2D eigenvalue weighted by molar-refractivity contribution is -0.140. The molecule has 0 atom stereocenters. The second-order valence-electron chi connectivity index (χ2n) is 5.99. The molecule has 20 heavy (non-hydrogen) atoms. The van der Waals surface area contributed by atoms with Gasteiger partial charge in [0.05, 0.1) is 0 Å². The molecule has 1 fully saturated rings. The number of nitrogens with two attached hydrogens (primary N) is 1. The van der Waals surface area contributed by atoms with Crippen molar-refractivity contribution in [1.29, 1.82) is 0 Å². The van der Waals surface area contributed by atoms with Gasteiger partial charge in [-0.05, 0) is 24.5 Å². The van der Waals surface area contributed by atoms with Gasteiger partial charge in [0.15, 0.2) is 0 Å². The van der Waals surface area contributed by atoms with Gasteiger partial charge in [-0.2, -0.15) is 0 Å². The van der Waals surface area contributed by atoms with Gasteiger partial charge in [-0.3, -0.25) is 4.79 Å². The molecule has 0 spiro atoms. The molecular weight excluding hydrogens is 268 g/mol. The molecule has 0 saturated heterocycles. The molecule has 1 amide bonds. The maximum absolute atomic E-state index is 12.6. The summed E-state index contributed by atoms with van der Waals surface area (Å²) in [6, 6.07) is 7.79. The Hall–Kier alpha value is -1.42. The Morgan fingerprint density at radius 1 is 1.40 bits per heavy atom. The second-order valence-corrected chi connectivity index (χ2v) is 6.43. The Labute approximate surface area is 126 Å². The third-order valence-corrected chi connectivity index (χ3v) is 4.44. The fourth-order valence-corrected chi connectivity index (χ4v) is 3.13. The lowest BCUT2D eigenvalue weighted by atomic mass is 9.87. The van der Waals surface area contributed by atoms with Crippen LogP contribution in [0.15, 0.2) is 24.3 Å². The van der Waals surface area contributed by atoms with Crippen molar-refractivity contribution in [3.63, 3.8) is 0 Å². The summed E-state index contributed by atoms with van der Waals surface area (Å²) in [7, 11) is 1.87. The molecule has 108 valence electrons. The van der Waals surface area contributed by atoms with Crippen LogP contribution in [0.5, 0.6) is 0 Å². The van der Waals surface area contributed by atoms with E-state index in [1.54, 1.807) is 0 Å². The number of benzene rings is 1. The van der Waals surface area contributed by atoms with E-state index in [-0.39, 0.29) is 11.3 Å². The van der Waals surface area contributed by atoms with E-state index in [0.717, 1.165) is 36.8 Å². The fourth-order valence-electron chi connectivity index (χ4n) is 3.00. The number of nitrogens with zero attached hydrogens (tertiary/aromatic N) is 1. The Morgan fingerprint density at radius 3 is 2.65 bits per heavy atom. The quantitative estimate of drug-likeness (QED) is 0.867. The lowest BCUT2D eigenvalue weighted by Gasteiger charge is -2.29. The second kappa shape index (κ2) is 5.92. The summed E-state index contributed by atoms with van der Waals surface area (Å²) in [5.74, 6) is 0.246. The van der Waals surface area contributed by atoms with Crippen molar-refractivity contribution in [3.05, 3.63) is 35.4 Å². The average Bonchev–Trinajstić information content (AvgIpc) is 2.86. The molecule has 0 unspecified atom stereocenters. The number of amides is 1. The summed E-state index contributed by atoms with van der Waals surface area (Å²) in [6.45, 7) is 2.69. The standard InChI is InChI=1S/C16H22N2OS/c1-16(8-3-4-9-16)15(19)18(2)11-12-6-5-7-13(10-12)14(17)20/h5-7,10H,3-4,8-9,11H2,1-2H3,(H2,17,20). The van der Waals surface area contributed by atoms with E-state index in [1.165, 1.54) is 0 Å². The van der Waals surface area contributed by atoms with Gasteiger partial charge < -0.3 is 10.6 Å². The minimum Gasteiger partial charge on any atom is -0.389 e. The molecule has 1 saturated carbocycles. The summed E-state index contributed by atoms with van der Waals surface area (Å²) in [4.78, 5) is 14.8. The third-order valence-electron chi connectivity index (χ3n) is 4.20. The number of hydrogen-bond donors (Lipinski definition) is 1. The minimum absolute atomic E-state index is 0.171. The molecule has 1 aliphatic carbocycles. The van der Waals surface area contributed by atoms with Gasteiger partial charge >= 0.3 is 0 Å². The number of hydrogen-bond acceptors (Lipinski definition) is 2. The van der Waals surface area contributed by atoms with E-state index in [2.05, 4.69) is 6.92 Å². The van der Waals surface area contributed by atoms with Crippen molar-refractivity contribution in [2.45, 2.75) is 39.2 Å². The van der Waals surface area contributed by atoms with Crippen molar-refractivity contribution in [2.75, 3.05) is 7.05 Å². The van der Waals surface area contributed by atoms with Gasteiger partial charge in [-0.25, -0.2) is 0 Å². The topological polar surface area (TPSA) is 46.3 Å². The van der Waals surface area contributed by atoms with Crippen LogP contribution in [0.3, 0.4) is 0 Å². The number of carbonyl (C=O) groups is 1. The van der Waals surface area contributed by atoms with E-state index in [1.807, 2.05) is 36.2 Å². The normalized spacial score (nSPS) is 16.9. The monoisotopic (exact) mass is 290 g/mol. The van der Waals surface area contributed by atoms with Crippen LogP contribution in [0.2, 0.25) is 0 Å². The van der Waals surface area contributed by atoms with Gasteiger partial charge in [-0.15, -0.1) is 0 Å². The van der Waals surface area contributed by atoms with Crippen LogP contribution in [-0.2, 0) is 11.3 Å². The molecule has 0 radical (unpaired) electrons. The zero-order chi connectivity index (χ0) is 14.8. The number of thiocarbonyl (C=S) groups is 1. The highest BCUT2D eigenvalue weighted by Gasteiger charge is 2.37. The molecule has 2 N–H and O–H groups in total. The van der Waals surface area contributed by atoms with Crippen LogP contribution >= 0.6 is 12.2 Å². The summed E-state index contributed by atoms with van der Waals surface area (Å²) in [5, 5.41) is 0. The molecule has 0 bridgehead atoms. The largest absolute Gasteiger partial charge is 0.389 e. The minimum atomic E-state index is -0.171. The van der Waals surface area contributed by atoms with Crippen molar-refractivity contribution in [3.8, 4) is 0 Å². The maximum atomic E-state index is 12.6. The number of carbonyl (C=O) groups excluding carboxylic acids is 1. The smallest absolute Gasteiger partial charge is 0.228 e. The lowest BCUT2D eigenvalue weighted by Crippen LogP contribution is -2.38. The van der Waals surface area contributed by atoms with Gasteiger partial charge in [-0.1, -0.05) is 50.2 Å². The molecular formula is C16H22N2OS. The van der Waals surface area contributed by atoms with Gasteiger partial charge in [0, 0.05) is 24.6 Å². The predicted octanol–water partition coefficient (Wildman–Crippen LogP) is 2.86. The van der Waals surface area contributed by atoms with Gasteiger partial charge in [0.2, 0.25) is 5.91 Å². The number of rotatable bonds is 4. The summed E-state index contributed by atoms with van der Waals surface area (Å²) >= 11 is 4.99. The first kappa shape index (κ1) is 15.0.